The third kappa shape index (κ3) is 4.95. The third-order valence-corrected chi connectivity index (χ3v) is 1.89. The Morgan fingerprint density at radius 3 is 2.53 bits per heavy atom. The molecule has 1 atom stereocenters. The normalized spacial score (nSPS) is 13.9. The van der Waals surface area contributed by atoms with Crippen LogP contribution in [0.3, 0.4) is 0 Å². The molecule has 0 saturated carbocycles. The number of allylic oxidation sites excluding steroid dienone is 1. The molecule has 84 valence electrons. The molecule has 0 radical (unpaired) electrons. The van der Waals surface area contributed by atoms with Gasteiger partial charge in [-0.15, -0.1) is 0 Å². The van der Waals surface area contributed by atoms with E-state index in [0.717, 1.165) is 0 Å². The molecular weight excluding hydrogens is 194 g/mol. The zero-order valence-corrected chi connectivity index (χ0v) is 9.28. The zero-order valence-electron chi connectivity index (χ0n) is 9.28. The van der Waals surface area contributed by atoms with E-state index in [1.54, 1.807) is 27.0 Å². The lowest BCUT2D eigenvalue weighted by Crippen LogP contribution is -2.44. The average Bonchev–Trinajstić information content (AvgIpc) is 2.21. The minimum atomic E-state index is -0.612. The van der Waals surface area contributed by atoms with Crippen LogP contribution >= 0.6 is 0 Å². The van der Waals surface area contributed by atoms with Gasteiger partial charge in [0, 0.05) is 18.8 Å². The Labute approximate surface area is 89.4 Å². The lowest BCUT2D eigenvalue weighted by molar-refractivity contribution is -0.125. The molecule has 0 aliphatic heterocycles. The minimum absolute atomic E-state index is 0.305. The summed E-state index contributed by atoms with van der Waals surface area (Å²) in [4.78, 5) is 26.1. The van der Waals surface area contributed by atoms with Crippen LogP contribution in [0.2, 0.25) is 0 Å². The Morgan fingerprint density at radius 2 is 2.13 bits per heavy atom. The van der Waals surface area contributed by atoms with Gasteiger partial charge >= 0.3 is 0 Å². The molecule has 15 heavy (non-hydrogen) atoms. The SMILES string of the molecule is CCC(NC(=O)/C(C)=C/C=NC)C(N)=O. The smallest absolute Gasteiger partial charge is 0.247 e. The van der Waals surface area contributed by atoms with E-state index in [2.05, 4.69) is 10.3 Å². The van der Waals surface area contributed by atoms with Crippen LogP contribution in [-0.2, 0) is 9.59 Å². The van der Waals surface area contributed by atoms with Crippen molar-refractivity contribution in [2.75, 3.05) is 7.05 Å². The summed E-state index contributed by atoms with van der Waals surface area (Å²) < 4.78 is 0. The van der Waals surface area contributed by atoms with Gasteiger partial charge in [0.15, 0.2) is 0 Å². The fraction of sp³-hybridized carbons (Fsp3) is 0.500. The fourth-order valence-corrected chi connectivity index (χ4v) is 0.908. The Kier molecular flexibility index (Phi) is 6.01. The monoisotopic (exact) mass is 211 g/mol. The van der Waals surface area contributed by atoms with Crippen molar-refractivity contribution in [1.29, 1.82) is 0 Å². The molecule has 0 aromatic heterocycles. The van der Waals surface area contributed by atoms with Gasteiger partial charge in [0.25, 0.3) is 0 Å². The first kappa shape index (κ1) is 13.4. The molecule has 0 aromatic carbocycles. The molecule has 0 aliphatic rings. The zero-order chi connectivity index (χ0) is 11.8. The molecule has 1 unspecified atom stereocenters. The topological polar surface area (TPSA) is 84.6 Å². The maximum absolute atomic E-state index is 11.5. The molecule has 0 spiro atoms. The van der Waals surface area contributed by atoms with Gasteiger partial charge in [-0.25, -0.2) is 0 Å². The fourth-order valence-electron chi connectivity index (χ4n) is 0.908. The number of carbonyl (C=O) groups is 2. The van der Waals surface area contributed by atoms with Gasteiger partial charge in [0.2, 0.25) is 11.8 Å². The van der Waals surface area contributed by atoms with Gasteiger partial charge in [0.1, 0.15) is 6.04 Å². The summed E-state index contributed by atoms with van der Waals surface area (Å²) in [6.45, 7) is 3.42. The predicted octanol–water partition coefficient (Wildman–Crippen LogP) is 0.0134. The van der Waals surface area contributed by atoms with Gasteiger partial charge in [-0.2, -0.15) is 0 Å². The number of nitrogens with two attached hydrogens (primary N) is 1. The highest BCUT2D eigenvalue weighted by Gasteiger charge is 2.15. The molecule has 5 heteroatoms. The van der Waals surface area contributed by atoms with Gasteiger partial charge < -0.3 is 11.1 Å². The molecule has 3 N–H and O–H groups in total. The number of hydrogen-bond acceptors (Lipinski definition) is 3. The van der Waals surface area contributed by atoms with Crippen molar-refractivity contribution < 1.29 is 9.59 Å². The maximum atomic E-state index is 11.5. The van der Waals surface area contributed by atoms with Crippen LogP contribution < -0.4 is 11.1 Å². The summed E-state index contributed by atoms with van der Waals surface area (Å²) in [5.41, 5.74) is 5.58. The van der Waals surface area contributed by atoms with Crippen molar-refractivity contribution >= 4 is 18.0 Å². The Bertz CT molecular complexity index is 295. The van der Waals surface area contributed by atoms with E-state index in [1.807, 2.05) is 0 Å². The Balaban J connectivity index is 4.41. The molecule has 0 heterocycles. The largest absolute Gasteiger partial charge is 0.368 e. The molecule has 0 rings (SSSR count). The molecule has 5 nitrogen and oxygen atoms in total. The highest BCUT2D eigenvalue weighted by molar-refractivity contribution is 5.99. The van der Waals surface area contributed by atoms with Crippen molar-refractivity contribution in [3.63, 3.8) is 0 Å². The van der Waals surface area contributed by atoms with Crippen LogP contribution in [0.5, 0.6) is 0 Å². The van der Waals surface area contributed by atoms with Crippen molar-refractivity contribution in [2.45, 2.75) is 26.3 Å². The number of aliphatic imine (C=N–C) groups is 1. The highest BCUT2D eigenvalue weighted by Crippen LogP contribution is 1.95. The predicted molar refractivity (Wildman–Crippen MR) is 59.6 cm³/mol. The quantitative estimate of drug-likeness (QED) is 0.496. The van der Waals surface area contributed by atoms with Gasteiger partial charge in [0.05, 0.1) is 0 Å². The van der Waals surface area contributed by atoms with Gasteiger partial charge in [-0.1, -0.05) is 6.92 Å². The molecule has 0 aliphatic carbocycles. The minimum Gasteiger partial charge on any atom is -0.368 e. The third-order valence-electron chi connectivity index (χ3n) is 1.89. The molecule has 0 aromatic rings. The first-order chi connectivity index (χ1) is 7.02. The summed E-state index contributed by atoms with van der Waals surface area (Å²) in [5, 5.41) is 2.53. The van der Waals surface area contributed by atoms with Crippen LogP contribution in [0.25, 0.3) is 0 Å². The van der Waals surface area contributed by atoms with E-state index in [9.17, 15) is 9.59 Å². The number of hydrogen-bond donors (Lipinski definition) is 2. The second-order valence-corrected chi connectivity index (χ2v) is 3.09. The van der Waals surface area contributed by atoms with Crippen molar-refractivity contribution in [1.82, 2.24) is 5.32 Å². The van der Waals surface area contributed by atoms with E-state index in [-0.39, 0.29) is 5.91 Å². The second-order valence-electron chi connectivity index (χ2n) is 3.09. The number of nitrogens with zero attached hydrogens (tertiary/aromatic N) is 1. The average molecular weight is 211 g/mol. The molecule has 0 fully saturated rings. The maximum Gasteiger partial charge on any atom is 0.247 e. The first-order valence-corrected chi connectivity index (χ1v) is 4.72. The summed E-state index contributed by atoms with van der Waals surface area (Å²) in [6, 6.07) is -0.612. The number of amides is 2. The Hall–Kier alpha value is -1.65. The summed E-state index contributed by atoms with van der Waals surface area (Å²) in [5.74, 6) is -0.830. The lowest BCUT2D eigenvalue weighted by Gasteiger charge is -2.12. The van der Waals surface area contributed by atoms with Crippen LogP contribution in [0.15, 0.2) is 16.6 Å². The number of primary amides is 1. The van der Waals surface area contributed by atoms with E-state index in [4.69, 9.17) is 5.73 Å². The molecule has 2 amide bonds. The number of rotatable bonds is 5. The van der Waals surface area contributed by atoms with Crippen LogP contribution in [0.4, 0.5) is 0 Å². The number of nitrogens with one attached hydrogen (secondary N) is 1. The van der Waals surface area contributed by atoms with Gasteiger partial charge in [-0.05, 0) is 19.4 Å². The lowest BCUT2D eigenvalue weighted by atomic mass is 10.2. The summed E-state index contributed by atoms with van der Waals surface area (Å²) in [7, 11) is 1.61. The van der Waals surface area contributed by atoms with Gasteiger partial charge in [-0.3, -0.25) is 14.6 Å². The Morgan fingerprint density at radius 1 is 1.53 bits per heavy atom. The highest BCUT2D eigenvalue weighted by atomic mass is 16.2. The molecule has 0 bridgehead atoms. The number of carbonyl (C=O) groups excluding carboxylic acids is 2. The van der Waals surface area contributed by atoms with E-state index < -0.39 is 11.9 Å². The second kappa shape index (κ2) is 6.75. The molecule has 0 saturated heterocycles. The van der Waals surface area contributed by atoms with E-state index in [0.29, 0.717) is 12.0 Å². The first-order valence-electron chi connectivity index (χ1n) is 4.72. The van der Waals surface area contributed by atoms with Crippen molar-refractivity contribution in [3.05, 3.63) is 11.6 Å². The summed E-state index contributed by atoms with van der Waals surface area (Å²) in [6.07, 6.45) is 3.57. The van der Waals surface area contributed by atoms with Crippen molar-refractivity contribution in [3.8, 4) is 0 Å². The van der Waals surface area contributed by atoms with E-state index >= 15 is 0 Å². The summed E-state index contributed by atoms with van der Waals surface area (Å²) >= 11 is 0. The van der Waals surface area contributed by atoms with Crippen molar-refractivity contribution in [2.24, 2.45) is 10.7 Å². The van der Waals surface area contributed by atoms with Crippen LogP contribution in [0, 0.1) is 0 Å². The van der Waals surface area contributed by atoms with Crippen LogP contribution in [-0.4, -0.2) is 31.1 Å². The standard InChI is InChI=1S/C10H17N3O2/c1-4-8(9(11)14)13-10(15)7(2)5-6-12-3/h5-6,8H,4H2,1-3H3,(H2,11,14)(H,13,15)/b7-5+,12-6?. The van der Waals surface area contributed by atoms with Crippen LogP contribution in [0.1, 0.15) is 20.3 Å². The molecular formula is C10H17N3O2. The van der Waals surface area contributed by atoms with E-state index in [1.165, 1.54) is 6.21 Å².